The van der Waals surface area contributed by atoms with Crippen LogP contribution in [0.15, 0.2) is 0 Å². The number of piperidine rings is 1. The number of alkyl halides is 2. The van der Waals surface area contributed by atoms with E-state index in [1.54, 1.807) is 11.8 Å². The van der Waals surface area contributed by atoms with Crippen molar-refractivity contribution >= 4 is 57.3 Å². The summed E-state index contributed by atoms with van der Waals surface area (Å²) < 4.78 is 30.4. The molecule has 3 N–H and O–H groups in total. The number of methoxy groups -OCH3 is 1. The van der Waals surface area contributed by atoms with E-state index in [4.69, 9.17) is 27.9 Å². The predicted octanol–water partition coefficient (Wildman–Crippen LogP) is 3.89. The minimum Gasteiger partial charge on any atom is -0.477 e. The largest absolute Gasteiger partial charge is 0.477 e. The second-order valence-electron chi connectivity index (χ2n) is 7.73. The molecule has 3 heterocycles. The lowest BCUT2D eigenvalue weighted by atomic mass is 9.88. The van der Waals surface area contributed by atoms with Crippen LogP contribution in [0.5, 0.6) is 0 Å². The topological polar surface area (TPSA) is 125 Å². The maximum absolute atomic E-state index is 12.8. The van der Waals surface area contributed by atoms with Crippen LogP contribution in [0.4, 0.5) is 13.9 Å². The van der Waals surface area contributed by atoms with Crippen molar-refractivity contribution in [2.24, 2.45) is 5.92 Å². The number of thiazole rings is 1. The highest BCUT2D eigenvalue weighted by Gasteiger charge is 2.34. The van der Waals surface area contributed by atoms with E-state index in [1.165, 1.54) is 7.11 Å². The van der Waals surface area contributed by atoms with Crippen molar-refractivity contribution in [2.45, 2.75) is 32.3 Å². The number of aromatic amines is 1. The van der Waals surface area contributed by atoms with Gasteiger partial charge in [-0.05, 0) is 19.3 Å². The minimum absolute atomic E-state index is 0.153. The number of ether oxygens (including phenoxy) is 1. The molecule has 0 spiro atoms. The van der Waals surface area contributed by atoms with Crippen molar-refractivity contribution in [3.63, 3.8) is 0 Å². The van der Waals surface area contributed by atoms with Crippen LogP contribution >= 0.6 is 34.5 Å². The molecule has 2 atom stereocenters. The predicted molar refractivity (Wildman–Crippen MR) is 123 cm³/mol. The normalized spacial score (nSPS) is 18.4. The molecular weight excluding hydrogens is 517 g/mol. The molecule has 14 heteroatoms. The van der Waals surface area contributed by atoms with Gasteiger partial charge in [-0.3, -0.25) is 9.59 Å². The van der Waals surface area contributed by atoms with E-state index >= 15 is 0 Å². The van der Waals surface area contributed by atoms with E-state index in [9.17, 15) is 28.3 Å². The molecule has 3 rings (SSSR count). The number of H-pyrrole nitrogens is 1. The first-order chi connectivity index (χ1) is 16.0. The molecule has 2 aromatic heterocycles. The molecule has 0 saturated carbocycles. The number of aryl methyl sites for hydroxylation is 1. The van der Waals surface area contributed by atoms with Gasteiger partial charge in [-0.1, -0.05) is 34.5 Å². The Kier molecular flexibility index (Phi) is 8.50. The molecule has 34 heavy (non-hydrogen) atoms. The van der Waals surface area contributed by atoms with Crippen LogP contribution in [0, 0.1) is 12.8 Å². The van der Waals surface area contributed by atoms with Crippen molar-refractivity contribution in [2.75, 3.05) is 31.6 Å². The summed E-state index contributed by atoms with van der Waals surface area (Å²) in [4.78, 5) is 45.0. The smallest absolute Gasteiger partial charge is 0.348 e. The molecule has 1 amide bonds. The van der Waals surface area contributed by atoms with Gasteiger partial charge in [0.15, 0.2) is 16.6 Å². The van der Waals surface area contributed by atoms with E-state index < -0.39 is 36.6 Å². The Morgan fingerprint density at radius 2 is 2.06 bits per heavy atom. The molecular formula is C20H22Cl2F2N4O5S. The van der Waals surface area contributed by atoms with Crippen LogP contribution in [-0.4, -0.2) is 72.0 Å². The second kappa shape index (κ2) is 11.0. The number of anilines is 1. The van der Waals surface area contributed by atoms with E-state index in [2.05, 4.69) is 9.97 Å². The molecule has 9 nitrogen and oxygen atoms in total. The van der Waals surface area contributed by atoms with Crippen molar-refractivity contribution in [3.05, 3.63) is 32.0 Å². The summed E-state index contributed by atoms with van der Waals surface area (Å²) in [6, 6.07) is 0. The lowest BCUT2D eigenvalue weighted by Crippen LogP contribution is -2.45. The van der Waals surface area contributed by atoms with Gasteiger partial charge in [0.1, 0.15) is 10.6 Å². The number of hydrogen-bond donors (Lipinski definition) is 3. The highest BCUT2D eigenvalue weighted by atomic mass is 35.5. The Morgan fingerprint density at radius 3 is 2.62 bits per heavy atom. The average Bonchev–Trinajstić information content (AvgIpc) is 3.35. The van der Waals surface area contributed by atoms with Gasteiger partial charge in [-0.15, -0.1) is 0 Å². The number of ketones is 1. The van der Waals surface area contributed by atoms with Crippen LogP contribution in [-0.2, 0) is 4.74 Å². The lowest BCUT2D eigenvalue weighted by molar-refractivity contribution is 0.0375. The van der Waals surface area contributed by atoms with Crippen LogP contribution in [0.2, 0.25) is 10.0 Å². The number of carbonyl (C=O) groups is 3. The summed E-state index contributed by atoms with van der Waals surface area (Å²) in [5, 5.41) is 12.1. The number of nitrogens with zero attached hydrogens (tertiary/aromatic N) is 2. The summed E-state index contributed by atoms with van der Waals surface area (Å²) >= 11 is 13.0. The van der Waals surface area contributed by atoms with Gasteiger partial charge in [0, 0.05) is 32.3 Å². The maximum atomic E-state index is 12.8. The number of amides is 1. The molecule has 1 saturated heterocycles. The first-order valence-electron chi connectivity index (χ1n) is 10.2. The summed E-state index contributed by atoms with van der Waals surface area (Å²) in [6.07, 6.45) is -2.50. The zero-order valence-electron chi connectivity index (χ0n) is 18.2. The van der Waals surface area contributed by atoms with Gasteiger partial charge in [-0.2, -0.15) is 0 Å². The standard InChI is InChI=1S/C20H22Cl2F2N4O5S/c1-8-13(21)14(22)15(26-8)10(29)5-9-3-4-28(7-11(9)33-2)20-27-16(17(34-20)19(31)32)18(30)25-6-12(23)24/h9,11-12,26H,3-7H2,1-2H3,(H,25,30)(H,31,32). The number of carbonyl (C=O) groups excluding carboxylic acids is 2. The highest BCUT2D eigenvalue weighted by Crippen LogP contribution is 2.34. The molecule has 0 radical (unpaired) electrons. The summed E-state index contributed by atoms with van der Waals surface area (Å²) in [5.41, 5.74) is 0.416. The molecule has 0 bridgehead atoms. The van der Waals surface area contributed by atoms with Gasteiger partial charge in [-0.25, -0.2) is 18.6 Å². The van der Waals surface area contributed by atoms with Crippen LogP contribution in [0.3, 0.4) is 0 Å². The SMILES string of the molecule is COC1CN(c2nc(C(=O)NCC(F)F)c(C(=O)O)s2)CCC1CC(=O)c1[nH]c(C)c(Cl)c1Cl. The van der Waals surface area contributed by atoms with Crippen molar-refractivity contribution in [1.29, 1.82) is 0 Å². The van der Waals surface area contributed by atoms with Gasteiger partial charge in [0.25, 0.3) is 12.3 Å². The highest BCUT2D eigenvalue weighted by molar-refractivity contribution is 7.17. The van der Waals surface area contributed by atoms with Crippen LogP contribution in [0.1, 0.15) is 49.2 Å². The van der Waals surface area contributed by atoms with Gasteiger partial charge in [0.05, 0.1) is 22.7 Å². The summed E-state index contributed by atoms with van der Waals surface area (Å²) in [7, 11) is 1.50. The Labute approximate surface area is 207 Å². The van der Waals surface area contributed by atoms with Gasteiger partial charge >= 0.3 is 5.97 Å². The first kappa shape index (κ1) is 26.3. The van der Waals surface area contributed by atoms with E-state index in [0.29, 0.717) is 23.7 Å². The Bertz CT molecular complexity index is 1090. The second-order valence-corrected chi connectivity index (χ2v) is 9.46. The fourth-order valence-corrected chi connectivity index (χ4v) is 5.11. The van der Waals surface area contributed by atoms with E-state index in [-0.39, 0.29) is 45.4 Å². The Balaban J connectivity index is 1.73. The fourth-order valence-electron chi connectivity index (χ4n) is 3.74. The Morgan fingerprint density at radius 1 is 1.35 bits per heavy atom. The number of halogens is 4. The number of rotatable bonds is 9. The molecule has 186 valence electrons. The number of aromatic nitrogens is 2. The molecule has 0 aliphatic carbocycles. The Hall–Kier alpha value is -2.28. The number of carboxylic acids is 1. The molecule has 2 aromatic rings. The van der Waals surface area contributed by atoms with E-state index in [1.807, 2.05) is 5.32 Å². The molecule has 1 aliphatic rings. The first-order valence-corrected chi connectivity index (χ1v) is 11.8. The zero-order valence-corrected chi connectivity index (χ0v) is 20.5. The maximum Gasteiger partial charge on any atom is 0.348 e. The fraction of sp³-hybridized carbons (Fsp3) is 0.500. The number of aromatic carboxylic acids is 1. The molecule has 1 aliphatic heterocycles. The average molecular weight is 539 g/mol. The van der Waals surface area contributed by atoms with Crippen LogP contribution < -0.4 is 10.2 Å². The zero-order chi connectivity index (χ0) is 25.2. The number of hydrogen-bond acceptors (Lipinski definition) is 7. The molecule has 2 unspecified atom stereocenters. The van der Waals surface area contributed by atoms with E-state index in [0.717, 1.165) is 11.3 Å². The monoisotopic (exact) mass is 538 g/mol. The third kappa shape index (κ3) is 5.68. The summed E-state index contributed by atoms with van der Waals surface area (Å²) in [5.74, 6) is -2.73. The molecule has 1 fully saturated rings. The van der Waals surface area contributed by atoms with Crippen molar-refractivity contribution in [1.82, 2.24) is 15.3 Å². The quantitative estimate of drug-likeness (QED) is 0.413. The summed E-state index contributed by atoms with van der Waals surface area (Å²) in [6.45, 7) is 1.51. The number of nitrogens with one attached hydrogen (secondary N) is 2. The van der Waals surface area contributed by atoms with Crippen molar-refractivity contribution in [3.8, 4) is 0 Å². The minimum atomic E-state index is -2.78. The number of carboxylic acid groups (broad SMARTS) is 1. The van der Waals surface area contributed by atoms with Crippen LogP contribution in [0.25, 0.3) is 0 Å². The molecule has 0 aromatic carbocycles. The number of Topliss-reactive ketones (excluding diaryl/α,β-unsaturated/α-hetero) is 1. The van der Waals surface area contributed by atoms with Gasteiger partial charge in [0.2, 0.25) is 0 Å². The van der Waals surface area contributed by atoms with Crippen molar-refractivity contribution < 1.29 is 33.0 Å². The third-order valence-electron chi connectivity index (χ3n) is 5.49. The third-order valence-corrected chi connectivity index (χ3v) is 7.54. The van der Waals surface area contributed by atoms with Gasteiger partial charge < -0.3 is 25.0 Å². The lowest BCUT2D eigenvalue weighted by Gasteiger charge is -2.37.